The van der Waals surface area contributed by atoms with Crippen LogP contribution in [0.5, 0.6) is 0 Å². The Morgan fingerprint density at radius 3 is 2.44 bits per heavy atom. The van der Waals surface area contributed by atoms with Gasteiger partial charge in [-0.1, -0.05) is 0 Å². The Morgan fingerprint density at radius 2 is 1.83 bits per heavy atom. The second kappa shape index (κ2) is 10.8. The van der Waals surface area contributed by atoms with Crippen molar-refractivity contribution in [1.29, 1.82) is 0 Å². The Hall–Kier alpha value is -3.22. The van der Waals surface area contributed by atoms with E-state index in [9.17, 15) is 22.8 Å². The van der Waals surface area contributed by atoms with Crippen LogP contribution in [0.25, 0.3) is 0 Å². The third kappa shape index (κ3) is 6.50. The summed E-state index contributed by atoms with van der Waals surface area (Å²) in [5.41, 5.74) is -1.89. The molecule has 1 saturated heterocycles. The number of H-pyrrole nitrogens is 1. The van der Waals surface area contributed by atoms with Crippen LogP contribution in [-0.4, -0.2) is 75.9 Å². The molecule has 1 amide bonds. The van der Waals surface area contributed by atoms with Gasteiger partial charge in [0.25, 0.3) is 5.56 Å². The number of aromatic nitrogens is 4. The topological polar surface area (TPSA) is 116 Å². The van der Waals surface area contributed by atoms with E-state index < -0.39 is 35.1 Å². The first-order chi connectivity index (χ1) is 17.1. The molecule has 1 aliphatic carbocycles. The van der Waals surface area contributed by atoms with Crippen molar-refractivity contribution in [1.82, 2.24) is 25.1 Å². The smallest absolute Gasteiger partial charge is 0.378 e. The predicted octanol–water partition coefficient (Wildman–Crippen LogP) is 2.40. The summed E-state index contributed by atoms with van der Waals surface area (Å²) in [5, 5.41) is 7.85. The number of carbonyl (C=O) groups is 1. The molecule has 4 rings (SSSR count). The van der Waals surface area contributed by atoms with E-state index in [-0.39, 0.29) is 18.9 Å². The first kappa shape index (κ1) is 25.9. The quantitative estimate of drug-likeness (QED) is 0.530. The minimum Gasteiger partial charge on any atom is -0.378 e. The third-order valence-electron chi connectivity index (χ3n) is 6.26. The maximum absolute atomic E-state index is 13.2. The maximum Gasteiger partial charge on any atom is 0.423 e. The highest BCUT2D eigenvalue weighted by Gasteiger charge is 2.37. The van der Waals surface area contributed by atoms with Gasteiger partial charge in [-0.3, -0.25) is 9.59 Å². The summed E-state index contributed by atoms with van der Waals surface area (Å²) in [6.45, 7) is 5.77. The number of hydrogen-bond acceptors (Lipinski definition) is 8. The first-order valence-corrected chi connectivity index (χ1v) is 12.0. The number of ether oxygens (including phenoxy) is 1. The van der Waals surface area contributed by atoms with Crippen LogP contribution in [0.2, 0.25) is 0 Å². The second-order valence-electron chi connectivity index (χ2n) is 9.34. The van der Waals surface area contributed by atoms with Gasteiger partial charge in [-0.15, -0.1) is 0 Å². The normalized spacial score (nSPS) is 18.1. The van der Waals surface area contributed by atoms with E-state index in [0.717, 1.165) is 6.20 Å². The molecule has 36 heavy (non-hydrogen) atoms. The van der Waals surface area contributed by atoms with Crippen LogP contribution in [0.4, 0.5) is 24.8 Å². The van der Waals surface area contributed by atoms with Crippen molar-refractivity contribution in [3.8, 4) is 0 Å². The molecule has 10 nitrogen and oxygen atoms in total. The average molecular weight is 510 g/mol. The standard InChI is InChI=1S/C23H30F3N7O3/c1-14(30-18-12-29-31-21(35)20(18)23(24,25)26)13-36-15(2)9-19(34)32-5-7-33(8-6-32)22-27-10-17(11-28-22)16-3-4-16/h10-12,14-16H,3-9,13H2,1-2H3,(H2,30,31,35). The van der Waals surface area contributed by atoms with Gasteiger partial charge < -0.3 is 19.9 Å². The van der Waals surface area contributed by atoms with Crippen molar-refractivity contribution in [2.75, 3.05) is 43.0 Å². The zero-order valence-electron chi connectivity index (χ0n) is 20.2. The van der Waals surface area contributed by atoms with Gasteiger partial charge in [0.2, 0.25) is 11.9 Å². The molecule has 2 aromatic rings. The second-order valence-corrected chi connectivity index (χ2v) is 9.34. The van der Waals surface area contributed by atoms with Crippen LogP contribution in [-0.2, 0) is 15.7 Å². The van der Waals surface area contributed by atoms with E-state index in [1.54, 1.807) is 23.8 Å². The number of rotatable bonds is 9. The molecule has 0 bridgehead atoms. The van der Waals surface area contributed by atoms with E-state index >= 15 is 0 Å². The molecule has 2 aliphatic rings. The van der Waals surface area contributed by atoms with Gasteiger partial charge in [-0.25, -0.2) is 15.1 Å². The van der Waals surface area contributed by atoms with Crippen LogP contribution >= 0.6 is 0 Å². The monoisotopic (exact) mass is 509 g/mol. The molecule has 0 spiro atoms. The molecule has 196 valence electrons. The molecule has 2 atom stereocenters. The zero-order valence-corrected chi connectivity index (χ0v) is 20.2. The lowest BCUT2D eigenvalue weighted by Gasteiger charge is -2.35. The highest BCUT2D eigenvalue weighted by Crippen LogP contribution is 2.39. The number of aromatic amines is 1. The van der Waals surface area contributed by atoms with E-state index in [1.165, 1.54) is 18.4 Å². The van der Waals surface area contributed by atoms with Crippen molar-refractivity contribution in [3.63, 3.8) is 0 Å². The molecule has 0 aromatic carbocycles. The maximum atomic E-state index is 13.2. The molecule has 1 saturated carbocycles. The Morgan fingerprint density at radius 1 is 1.17 bits per heavy atom. The number of hydrogen-bond donors (Lipinski definition) is 2. The largest absolute Gasteiger partial charge is 0.423 e. The van der Waals surface area contributed by atoms with Crippen LogP contribution in [0, 0.1) is 0 Å². The number of anilines is 2. The van der Waals surface area contributed by atoms with Crippen molar-refractivity contribution in [2.24, 2.45) is 0 Å². The van der Waals surface area contributed by atoms with Gasteiger partial charge in [-0.2, -0.15) is 18.3 Å². The first-order valence-electron chi connectivity index (χ1n) is 12.0. The number of carbonyl (C=O) groups excluding carboxylic acids is 1. The molecule has 2 N–H and O–H groups in total. The zero-order chi connectivity index (χ0) is 25.9. The highest BCUT2D eigenvalue weighted by molar-refractivity contribution is 5.77. The van der Waals surface area contributed by atoms with Crippen molar-refractivity contribution in [3.05, 3.63) is 40.1 Å². The van der Waals surface area contributed by atoms with Gasteiger partial charge in [0.1, 0.15) is 5.56 Å². The van der Waals surface area contributed by atoms with Gasteiger partial charge in [0.05, 0.1) is 31.0 Å². The summed E-state index contributed by atoms with van der Waals surface area (Å²) in [5.74, 6) is 1.23. The Balaban J connectivity index is 1.20. The lowest BCUT2D eigenvalue weighted by atomic mass is 10.2. The summed E-state index contributed by atoms with van der Waals surface area (Å²) in [7, 11) is 0. The van der Waals surface area contributed by atoms with Crippen LogP contribution in [0.15, 0.2) is 23.4 Å². The summed E-state index contributed by atoms with van der Waals surface area (Å²) in [6.07, 6.45) is 2.00. The third-order valence-corrected chi connectivity index (χ3v) is 6.26. The molecule has 13 heteroatoms. The van der Waals surface area contributed by atoms with Crippen LogP contribution in [0.3, 0.4) is 0 Å². The molecule has 2 fully saturated rings. The summed E-state index contributed by atoms with van der Waals surface area (Å²) < 4.78 is 45.3. The fourth-order valence-electron chi connectivity index (χ4n) is 4.12. The van der Waals surface area contributed by atoms with E-state index in [2.05, 4.69) is 25.3 Å². The van der Waals surface area contributed by atoms with E-state index in [0.29, 0.717) is 38.0 Å². The molecule has 2 unspecified atom stereocenters. The van der Waals surface area contributed by atoms with Crippen LogP contribution < -0.4 is 15.8 Å². The SMILES string of the molecule is CC(COC(C)CC(=O)N1CCN(c2ncc(C3CC3)cn2)CC1)Nc1cn[nH]c(=O)c1C(F)(F)F. The Kier molecular flexibility index (Phi) is 7.76. The summed E-state index contributed by atoms with van der Waals surface area (Å²) in [4.78, 5) is 37.1. The molecule has 3 heterocycles. The van der Waals surface area contributed by atoms with E-state index in [1.807, 2.05) is 12.4 Å². The van der Waals surface area contributed by atoms with Gasteiger partial charge >= 0.3 is 6.18 Å². The van der Waals surface area contributed by atoms with Crippen molar-refractivity contribution >= 4 is 17.5 Å². The Labute approximate surface area is 206 Å². The minimum absolute atomic E-state index is 0.0422. The molecular formula is C23H30F3N7O3. The molecular weight excluding hydrogens is 479 g/mol. The van der Waals surface area contributed by atoms with Gasteiger partial charge in [-0.05, 0) is 38.2 Å². The summed E-state index contributed by atoms with van der Waals surface area (Å²) >= 11 is 0. The molecule has 2 aromatic heterocycles. The molecule has 0 radical (unpaired) electrons. The number of piperazine rings is 1. The highest BCUT2D eigenvalue weighted by atomic mass is 19.4. The summed E-state index contributed by atoms with van der Waals surface area (Å²) in [6, 6.07) is -0.554. The lowest BCUT2D eigenvalue weighted by molar-refractivity contribution is -0.138. The van der Waals surface area contributed by atoms with Gasteiger partial charge in [0.15, 0.2) is 0 Å². The predicted molar refractivity (Wildman–Crippen MR) is 126 cm³/mol. The van der Waals surface area contributed by atoms with E-state index in [4.69, 9.17) is 4.74 Å². The van der Waals surface area contributed by atoms with Crippen molar-refractivity contribution in [2.45, 2.75) is 57.3 Å². The fourth-order valence-corrected chi connectivity index (χ4v) is 4.12. The van der Waals surface area contributed by atoms with Crippen molar-refractivity contribution < 1.29 is 22.7 Å². The lowest BCUT2D eigenvalue weighted by Crippen LogP contribution is -2.49. The average Bonchev–Trinajstić information content (AvgIpc) is 3.68. The minimum atomic E-state index is -4.82. The van der Waals surface area contributed by atoms with Crippen LogP contribution in [0.1, 0.15) is 50.2 Å². The number of nitrogens with zero attached hydrogens (tertiary/aromatic N) is 5. The number of halogens is 3. The van der Waals surface area contributed by atoms with Gasteiger partial charge in [0, 0.05) is 44.6 Å². The Bertz CT molecular complexity index is 1100. The number of nitrogens with one attached hydrogen (secondary N) is 2. The molecule has 1 aliphatic heterocycles. The number of amides is 1. The fraction of sp³-hybridized carbons (Fsp3) is 0.609. The number of alkyl halides is 3.